The van der Waals surface area contributed by atoms with Gasteiger partial charge in [0.25, 0.3) is 5.89 Å². The highest BCUT2D eigenvalue weighted by Crippen LogP contribution is 2.22. The van der Waals surface area contributed by atoms with Crippen molar-refractivity contribution >= 4 is 6.09 Å². The molecular formula is C13H15N3O4. The zero-order valence-corrected chi connectivity index (χ0v) is 11.1. The van der Waals surface area contributed by atoms with E-state index in [2.05, 4.69) is 15.5 Å². The first-order valence-electron chi connectivity index (χ1n) is 5.99. The van der Waals surface area contributed by atoms with Crippen molar-refractivity contribution < 1.29 is 19.5 Å². The van der Waals surface area contributed by atoms with E-state index >= 15 is 0 Å². The van der Waals surface area contributed by atoms with Gasteiger partial charge in [-0.05, 0) is 25.5 Å². The second-order valence-electron chi connectivity index (χ2n) is 4.84. The van der Waals surface area contributed by atoms with Crippen molar-refractivity contribution in [3.05, 3.63) is 35.7 Å². The van der Waals surface area contributed by atoms with Crippen LogP contribution in [0.1, 0.15) is 25.3 Å². The molecule has 0 unspecified atom stereocenters. The molecule has 7 nitrogen and oxygen atoms in total. The fraction of sp³-hybridized carbons (Fsp3) is 0.308. The van der Waals surface area contributed by atoms with Gasteiger partial charge in [0.15, 0.2) is 0 Å². The summed E-state index contributed by atoms with van der Waals surface area (Å²) in [5, 5.41) is 24.4. The van der Waals surface area contributed by atoms with Crippen molar-refractivity contribution in [1.82, 2.24) is 15.5 Å². The predicted octanol–water partition coefficient (Wildman–Crippen LogP) is 1.73. The molecule has 106 valence electrons. The molecule has 1 amide bonds. The topological polar surface area (TPSA) is 108 Å². The Morgan fingerprint density at radius 1 is 1.45 bits per heavy atom. The van der Waals surface area contributed by atoms with Crippen molar-refractivity contribution in [2.75, 3.05) is 0 Å². The van der Waals surface area contributed by atoms with E-state index in [0.29, 0.717) is 11.4 Å². The fourth-order valence-electron chi connectivity index (χ4n) is 1.59. The minimum absolute atomic E-state index is 0.126. The second-order valence-corrected chi connectivity index (χ2v) is 4.84. The third kappa shape index (κ3) is 3.33. The summed E-state index contributed by atoms with van der Waals surface area (Å²) in [6.07, 6.45) is -1.08. The summed E-state index contributed by atoms with van der Waals surface area (Å²) >= 11 is 0. The van der Waals surface area contributed by atoms with Crippen LogP contribution in [-0.2, 0) is 12.1 Å². The standard InChI is InChI=1S/C13H15N3O4/c1-13(2,19)11-15-10(16-20-11)9-5-3-4-8(6-9)7-14-12(17)18/h3-6,14,19H,7H2,1-2H3,(H,17,18). The van der Waals surface area contributed by atoms with Crippen molar-refractivity contribution in [3.63, 3.8) is 0 Å². The van der Waals surface area contributed by atoms with Crippen LogP contribution < -0.4 is 5.32 Å². The minimum Gasteiger partial charge on any atom is -0.465 e. The molecule has 0 atom stereocenters. The normalized spacial score (nSPS) is 11.3. The summed E-state index contributed by atoms with van der Waals surface area (Å²) in [4.78, 5) is 14.6. The highest BCUT2D eigenvalue weighted by Gasteiger charge is 2.24. The Balaban J connectivity index is 2.22. The summed E-state index contributed by atoms with van der Waals surface area (Å²) in [7, 11) is 0. The number of aromatic nitrogens is 2. The third-order valence-corrected chi connectivity index (χ3v) is 2.58. The van der Waals surface area contributed by atoms with Crippen LogP contribution >= 0.6 is 0 Å². The maximum Gasteiger partial charge on any atom is 0.404 e. The van der Waals surface area contributed by atoms with Gasteiger partial charge in [-0.25, -0.2) is 4.79 Å². The molecule has 0 radical (unpaired) electrons. The molecule has 2 rings (SSSR count). The van der Waals surface area contributed by atoms with E-state index in [4.69, 9.17) is 9.63 Å². The highest BCUT2D eigenvalue weighted by atomic mass is 16.5. The molecule has 7 heteroatoms. The Kier molecular flexibility index (Phi) is 3.71. The minimum atomic E-state index is -1.20. The molecule has 2 aromatic rings. The fourth-order valence-corrected chi connectivity index (χ4v) is 1.59. The lowest BCUT2D eigenvalue weighted by molar-refractivity contribution is 0.0420. The molecule has 0 fully saturated rings. The summed E-state index contributed by atoms with van der Waals surface area (Å²) in [5.41, 5.74) is 0.265. The molecule has 0 saturated heterocycles. The number of hydrogen-bond donors (Lipinski definition) is 3. The summed E-state index contributed by atoms with van der Waals surface area (Å²) < 4.78 is 5.00. The quantitative estimate of drug-likeness (QED) is 0.785. The Morgan fingerprint density at radius 2 is 2.20 bits per heavy atom. The molecule has 0 saturated carbocycles. The zero-order chi connectivity index (χ0) is 14.8. The highest BCUT2D eigenvalue weighted by molar-refractivity contribution is 5.64. The number of rotatable bonds is 4. The summed E-state index contributed by atoms with van der Waals surface area (Å²) in [6, 6.07) is 7.10. The average molecular weight is 277 g/mol. The van der Waals surface area contributed by atoms with Crippen LogP contribution in [0.3, 0.4) is 0 Å². The largest absolute Gasteiger partial charge is 0.465 e. The van der Waals surface area contributed by atoms with Gasteiger partial charge in [0.05, 0.1) is 0 Å². The molecular weight excluding hydrogens is 262 g/mol. The number of amides is 1. The van der Waals surface area contributed by atoms with Crippen LogP contribution in [-0.4, -0.2) is 26.4 Å². The maximum atomic E-state index is 10.5. The van der Waals surface area contributed by atoms with Gasteiger partial charge in [-0.1, -0.05) is 23.4 Å². The monoisotopic (exact) mass is 277 g/mol. The van der Waals surface area contributed by atoms with E-state index in [0.717, 1.165) is 5.56 Å². The lowest BCUT2D eigenvalue weighted by Crippen LogP contribution is -2.19. The number of benzene rings is 1. The lowest BCUT2D eigenvalue weighted by Gasteiger charge is -2.09. The molecule has 1 aromatic carbocycles. The molecule has 0 bridgehead atoms. The van der Waals surface area contributed by atoms with Crippen LogP contribution in [0.25, 0.3) is 11.4 Å². The number of carboxylic acid groups (broad SMARTS) is 1. The molecule has 0 aliphatic heterocycles. The number of aliphatic hydroxyl groups is 1. The SMILES string of the molecule is CC(C)(O)c1nc(-c2cccc(CNC(=O)O)c2)no1. The lowest BCUT2D eigenvalue weighted by atomic mass is 10.1. The van der Waals surface area contributed by atoms with Crippen LogP contribution in [0.4, 0.5) is 4.79 Å². The maximum absolute atomic E-state index is 10.5. The van der Waals surface area contributed by atoms with Gasteiger partial charge in [-0.2, -0.15) is 4.98 Å². The van der Waals surface area contributed by atoms with E-state index in [1.54, 1.807) is 38.1 Å². The van der Waals surface area contributed by atoms with Crippen LogP contribution in [0, 0.1) is 0 Å². The molecule has 3 N–H and O–H groups in total. The first kappa shape index (κ1) is 14.0. The molecule has 1 aromatic heterocycles. The molecule has 0 aliphatic rings. The summed E-state index contributed by atoms with van der Waals surface area (Å²) in [5.74, 6) is 0.473. The first-order chi connectivity index (χ1) is 9.36. The average Bonchev–Trinajstić information content (AvgIpc) is 2.86. The van der Waals surface area contributed by atoms with E-state index in [1.165, 1.54) is 0 Å². The Hall–Kier alpha value is -2.41. The van der Waals surface area contributed by atoms with Crippen molar-refractivity contribution in [2.24, 2.45) is 0 Å². The second kappa shape index (κ2) is 5.30. The van der Waals surface area contributed by atoms with E-state index < -0.39 is 11.7 Å². The van der Waals surface area contributed by atoms with Gasteiger partial charge in [-0.15, -0.1) is 0 Å². The van der Waals surface area contributed by atoms with Gasteiger partial charge < -0.3 is 20.1 Å². The van der Waals surface area contributed by atoms with Gasteiger partial charge in [0.1, 0.15) is 5.60 Å². The van der Waals surface area contributed by atoms with Crippen molar-refractivity contribution in [3.8, 4) is 11.4 Å². The summed E-state index contributed by atoms with van der Waals surface area (Å²) in [6.45, 7) is 3.30. The Bertz CT molecular complexity index is 616. The number of carbonyl (C=O) groups is 1. The first-order valence-corrected chi connectivity index (χ1v) is 5.99. The van der Waals surface area contributed by atoms with Gasteiger partial charge in [-0.3, -0.25) is 0 Å². The molecule has 20 heavy (non-hydrogen) atoms. The number of nitrogens with one attached hydrogen (secondary N) is 1. The van der Waals surface area contributed by atoms with Crippen molar-refractivity contribution in [1.29, 1.82) is 0 Å². The Labute approximate surface area is 115 Å². The van der Waals surface area contributed by atoms with E-state index in [1.807, 2.05) is 0 Å². The van der Waals surface area contributed by atoms with Crippen LogP contribution in [0.5, 0.6) is 0 Å². The predicted molar refractivity (Wildman–Crippen MR) is 69.8 cm³/mol. The van der Waals surface area contributed by atoms with Gasteiger partial charge in [0.2, 0.25) is 5.82 Å². The van der Waals surface area contributed by atoms with Crippen LogP contribution in [0.2, 0.25) is 0 Å². The molecule has 0 aliphatic carbocycles. The number of hydrogen-bond acceptors (Lipinski definition) is 5. The zero-order valence-electron chi connectivity index (χ0n) is 11.1. The molecule has 0 spiro atoms. The van der Waals surface area contributed by atoms with Crippen LogP contribution in [0.15, 0.2) is 28.8 Å². The number of nitrogens with zero attached hydrogens (tertiary/aromatic N) is 2. The molecule has 1 heterocycles. The van der Waals surface area contributed by atoms with Gasteiger partial charge in [0, 0.05) is 12.1 Å². The van der Waals surface area contributed by atoms with E-state index in [-0.39, 0.29) is 12.4 Å². The van der Waals surface area contributed by atoms with Gasteiger partial charge >= 0.3 is 6.09 Å². The third-order valence-electron chi connectivity index (χ3n) is 2.58. The van der Waals surface area contributed by atoms with E-state index in [9.17, 15) is 9.90 Å². The smallest absolute Gasteiger partial charge is 0.404 e. The Morgan fingerprint density at radius 3 is 2.80 bits per heavy atom. The van der Waals surface area contributed by atoms with Crippen molar-refractivity contribution in [2.45, 2.75) is 26.0 Å².